The Morgan fingerprint density at radius 2 is 2.00 bits per heavy atom. The molecule has 1 aromatic heterocycles. The molecule has 0 bridgehead atoms. The molecular formula is C18H15N5O4. The minimum absolute atomic E-state index is 0.123. The van der Waals surface area contributed by atoms with Crippen LogP contribution in [0.4, 0.5) is 11.5 Å². The third-order valence-electron chi connectivity index (χ3n) is 3.99. The molecule has 0 fully saturated rings. The number of aromatic nitrogens is 2. The smallest absolute Gasteiger partial charge is 0.335 e. The van der Waals surface area contributed by atoms with E-state index in [0.29, 0.717) is 22.9 Å². The Bertz CT molecular complexity index is 1030. The highest BCUT2D eigenvalue weighted by molar-refractivity contribution is 5.82. The van der Waals surface area contributed by atoms with Crippen LogP contribution in [0.15, 0.2) is 53.6 Å². The third kappa shape index (κ3) is 3.17. The summed E-state index contributed by atoms with van der Waals surface area (Å²) in [5.41, 5.74) is 4.38. The zero-order valence-electron chi connectivity index (χ0n) is 14.3. The number of ether oxygens (including phenoxy) is 2. The molecule has 27 heavy (non-hydrogen) atoms. The van der Waals surface area contributed by atoms with Crippen LogP contribution >= 0.6 is 0 Å². The Balaban J connectivity index is 1.65. The zero-order chi connectivity index (χ0) is 18.8. The molecule has 2 heterocycles. The summed E-state index contributed by atoms with van der Waals surface area (Å²) in [6.45, 7) is 1.78. The lowest BCUT2D eigenvalue weighted by Crippen LogP contribution is -2.03. The number of para-hydroxylation sites is 1. The van der Waals surface area contributed by atoms with Crippen molar-refractivity contribution < 1.29 is 14.4 Å². The Hall–Kier alpha value is -3.88. The first kappa shape index (κ1) is 16.6. The SMILES string of the molecule is Cc1nn(-c2ccccc2)c(N/N=C/c2ccc3c(c2)OCO3)c1[N+](=O)[O-]. The average molecular weight is 365 g/mol. The number of nitrogens with one attached hydrogen (secondary N) is 1. The molecule has 0 atom stereocenters. The van der Waals surface area contributed by atoms with Gasteiger partial charge in [-0.2, -0.15) is 10.2 Å². The monoisotopic (exact) mass is 365 g/mol. The number of rotatable bonds is 5. The van der Waals surface area contributed by atoms with Gasteiger partial charge in [0.1, 0.15) is 5.69 Å². The van der Waals surface area contributed by atoms with E-state index in [1.165, 1.54) is 4.68 Å². The Kier molecular flexibility index (Phi) is 4.17. The third-order valence-corrected chi connectivity index (χ3v) is 3.99. The summed E-state index contributed by atoms with van der Waals surface area (Å²) in [6, 6.07) is 14.5. The second kappa shape index (κ2) is 6.79. The summed E-state index contributed by atoms with van der Waals surface area (Å²) in [7, 11) is 0. The molecule has 4 rings (SSSR count). The van der Waals surface area contributed by atoms with Crippen molar-refractivity contribution in [3.8, 4) is 17.2 Å². The van der Waals surface area contributed by atoms with Crippen molar-refractivity contribution in [1.29, 1.82) is 0 Å². The van der Waals surface area contributed by atoms with Gasteiger partial charge in [0.25, 0.3) is 0 Å². The normalized spacial score (nSPS) is 12.5. The van der Waals surface area contributed by atoms with Crippen LogP contribution < -0.4 is 14.9 Å². The van der Waals surface area contributed by atoms with E-state index in [9.17, 15) is 10.1 Å². The minimum Gasteiger partial charge on any atom is -0.454 e. The Morgan fingerprint density at radius 3 is 2.78 bits per heavy atom. The van der Waals surface area contributed by atoms with Gasteiger partial charge in [-0.25, -0.2) is 4.68 Å². The molecule has 2 aromatic carbocycles. The van der Waals surface area contributed by atoms with Crippen LogP contribution in [0, 0.1) is 17.0 Å². The van der Waals surface area contributed by atoms with Crippen LogP contribution in [-0.4, -0.2) is 27.7 Å². The number of benzene rings is 2. The van der Waals surface area contributed by atoms with Crippen LogP contribution in [0.1, 0.15) is 11.3 Å². The molecule has 0 saturated carbocycles. The first-order valence-electron chi connectivity index (χ1n) is 8.11. The summed E-state index contributed by atoms with van der Waals surface area (Å²) in [4.78, 5) is 11.0. The van der Waals surface area contributed by atoms with Crippen molar-refractivity contribution in [2.75, 3.05) is 12.2 Å². The number of aryl methyl sites for hydroxylation is 1. The Morgan fingerprint density at radius 1 is 1.22 bits per heavy atom. The lowest BCUT2D eigenvalue weighted by molar-refractivity contribution is -0.384. The van der Waals surface area contributed by atoms with Crippen LogP contribution in [0.3, 0.4) is 0 Å². The van der Waals surface area contributed by atoms with E-state index >= 15 is 0 Å². The molecule has 0 spiro atoms. The number of hydrogen-bond acceptors (Lipinski definition) is 7. The molecule has 1 aliphatic heterocycles. The predicted octanol–water partition coefficient (Wildman–Crippen LogP) is 3.26. The fourth-order valence-corrected chi connectivity index (χ4v) is 2.76. The van der Waals surface area contributed by atoms with Crippen LogP contribution in [0.25, 0.3) is 5.69 Å². The number of fused-ring (bicyclic) bond motifs is 1. The first-order valence-corrected chi connectivity index (χ1v) is 8.11. The van der Waals surface area contributed by atoms with Gasteiger partial charge < -0.3 is 9.47 Å². The molecule has 0 saturated heterocycles. The van der Waals surface area contributed by atoms with Gasteiger partial charge in [0.2, 0.25) is 12.6 Å². The van der Waals surface area contributed by atoms with Gasteiger partial charge in [-0.15, -0.1) is 0 Å². The number of nitro groups is 1. The quantitative estimate of drug-likeness (QED) is 0.423. The van der Waals surface area contributed by atoms with Gasteiger partial charge in [0.05, 0.1) is 16.8 Å². The summed E-state index contributed by atoms with van der Waals surface area (Å²) in [5.74, 6) is 1.49. The van der Waals surface area contributed by atoms with E-state index in [4.69, 9.17) is 9.47 Å². The van der Waals surface area contributed by atoms with Crippen molar-refractivity contribution in [2.45, 2.75) is 6.92 Å². The number of hydrazone groups is 1. The standard InChI is InChI=1S/C18H15N5O4/c1-12-17(23(24)25)18(22(21-12)14-5-3-2-4-6-14)20-19-10-13-7-8-15-16(9-13)27-11-26-15/h2-10,20H,11H2,1H3/b19-10+. The molecule has 9 nitrogen and oxygen atoms in total. The lowest BCUT2D eigenvalue weighted by atomic mass is 10.2. The topological polar surface area (TPSA) is 104 Å². The highest BCUT2D eigenvalue weighted by atomic mass is 16.7. The maximum Gasteiger partial charge on any atom is 0.335 e. The molecule has 136 valence electrons. The number of hydrogen-bond donors (Lipinski definition) is 1. The molecule has 0 amide bonds. The van der Waals surface area contributed by atoms with Gasteiger partial charge >= 0.3 is 5.69 Å². The van der Waals surface area contributed by atoms with E-state index in [1.54, 1.807) is 25.3 Å². The lowest BCUT2D eigenvalue weighted by Gasteiger charge is -2.05. The van der Waals surface area contributed by atoms with Gasteiger partial charge in [-0.05, 0) is 42.8 Å². The maximum absolute atomic E-state index is 11.5. The van der Waals surface area contributed by atoms with E-state index in [-0.39, 0.29) is 18.3 Å². The van der Waals surface area contributed by atoms with Gasteiger partial charge in [0.15, 0.2) is 11.5 Å². The van der Waals surface area contributed by atoms with E-state index in [0.717, 1.165) is 5.56 Å². The average Bonchev–Trinajstić information content (AvgIpc) is 3.26. The van der Waals surface area contributed by atoms with Crippen molar-refractivity contribution in [3.05, 3.63) is 69.9 Å². The fraction of sp³-hybridized carbons (Fsp3) is 0.111. The van der Waals surface area contributed by atoms with E-state index in [1.807, 2.05) is 36.4 Å². The zero-order valence-corrected chi connectivity index (χ0v) is 14.3. The molecule has 0 aliphatic carbocycles. The molecule has 0 radical (unpaired) electrons. The summed E-state index contributed by atoms with van der Waals surface area (Å²) >= 11 is 0. The van der Waals surface area contributed by atoms with Gasteiger partial charge in [-0.3, -0.25) is 15.5 Å². The summed E-state index contributed by atoms with van der Waals surface area (Å²) in [5, 5.41) is 19.9. The van der Waals surface area contributed by atoms with E-state index < -0.39 is 4.92 Å². The van der Waals surface area contributed by atoms with Crippen molar-refractivity contribution in [1.82, 2.24) is 9.78 Å². The second-order valence-electron chi connectivity index (χ2n) is 5.77. The van der Waals surface area contributed by atoms with Crippen LogP contribution in [-0.2, 0) is 0 Å². The summed E-state index contributed by atoms with van der Waals surface area (Å²) < 4.78 is 12.1. The maximum atomic E-state index is 11.5. The second-order valence-corrected chi connectivity index (χ2v) is 5.77. The number of nitrogens with zero attached hydrogens (tertiary/aromatic N) is 4. The first-order chi connectivity index (χ1) is 13.1. The fourth-order valence-electron chi connectivity index (χ4n) is 2.76. The molecular weight excluding hydrogens is 350 g/mol. The number of anilines is 1. The molecule has 0 unspecified atom stereocenters. The minimum atomic E-state index is -0.472. The molecule has 9 heteroatoms. The van der Waals surface area contributed by atoms with Crippen molar-refractivity contribution in [3.63, 3.8) is 0 Å². The summed E-state index contributed by atoms with van der Waals surface area (Å²) in [6.07, 6.45) is 1.54. The Labute approximate surface area is 154 Å². The highest BCUT2D eigenvalue weighted by Gasteiger charge is 2.26. The van der Waals surface area contributed by atoms with Crippen molar-refractivity contribution in [2.24, 2.45) is 5.10 Å². The van der Waals surface area contributed by atoms with Crippen LogP contribution in [0.5, 0.6) is 11.5 Å². The molecule has 1 aliphatic rings. The van der Waals surface area contributed by atoms with Crippen molar-refractivity contribution >= 4 is 17.7 Å². The predicted molar refractivity (Wildman–Crippen MR) is 98.7 cm³/mol. The highest BCUT2D eigenvalue weighted by Crippen LogP contribution is 2.32. The largest absolute Gasteiger partial charge is 0.454 e. The van der Waals surface area contributed by atoms with Crippen LogP contribution in [0.2, 0.25) is 0 Å². The molecule has 1 N–H and O–H groups in total. The molecule has 3 aromatic rings. The van der Waals surface area contributed by atoms with Gasteiger partial charge in [0, 0.05) is 0 Å². The van der Waals surface area contributed by atoms with E-state index in [2.05, 4.69) is 15.6 Å². The van der Waals surface area contributed by atoms with Gasteiger partial charge in [-0.1, -0.05) is 18.2 Å².